The maximum Gasteiger partial charge on any atom is 0.292 e. The summed E-state index contributed by atoms with van der Waals surface area (Å²) in [7, 11) is -2.18. The molecule has 1 atom stereocenters. The molecule has 1 N–H and O–H groups in total. The number of aliphatic hydroxyl groups excluding tert-OH is 1. The van der Waals surface area contributed by atoms with Gasteiger partial charge in [0.15, 0.2) is 5.82 Å². The number of rotatable bonds is 6. The molecule has 0 spiro atoms. The highest BCUT2D eigenvalue weighted by Gasteiger charge is 2.30. The molecule has 1 aliphatic rings. The molecular formula is C25H23N5O4S. The Bertz CT molecular complexity index is 1480. The number of aliphatic imine (C=N–C) groups is 1. The molecule has 35 heavy (non-hydrogen) atoms. The second kappa shape index (κ2) is 9.32. The van der Waals surface area contributed by atoms with Crippen LogP contribution < -0.4 is 4.31 Å². The Balaban J connectivity index is 1.68. The predicted octanol–water partition coefficient (Wildman–Crippen LogP) is 3.47. The molecule has 1 unspecified atom stereocenters. The Labute approximate surface area is 203 Å². The zero-order chi connectivity index (χ0) is 24.4. The zero-order valence-electron chi connectivity index (χ0n) is 18.9. The van der Waals surface area contributed by atoms with Crippen LogP contribution in [-0.2, 0) is 14.8 Å². The van der Waals surface area contributed by atoms with E-state index in [0.29, 0.717) is 34.8 Å². The van der Waals surface area contributed by atoms with E-state index in [2.05, 4.69) is 15.0 Å². The second-order valence-corrected chi connectivity index (χ2v) is 9.80. The van der Waals surface area contributed by atoms with Crippen molar-refractivity contribution in [3.8, 4) is 0 Å². The van der Waals surface area contributed by atoms with Gasteiger partial charge in [-0.1, -0.05) is 36.4 Å². The van der Waals surface area contributed by atoms with Crippen molar-refractivity contribution in [3.05, 3.63) is 85.2 Å². The second-order valence-electron chi connectivity index (χ2n) is 8.01. The number of hydrogen-bond acceptors (Lipinski definition) is 7. The SMILES string of the molecule is CN1CC(CO)OC1=Nc1ccc2ncnc(N(c3ccccc3)S(=O)(=O)c3ccccc3)c2c1. The summed E-state index contributed by atoms with van der Waals surface area (Å²) in [6, 6.07) is 22.7. The molecule has 1 fully saturated rings. The van der Waals surface area contributed by atoms with Crippen LogP contribution in [-0.4, -0.2) is 60.7 Å². The number of para-hydroxylation sites is 1. The van der Waals surface area contributed by atoms with Crippen LogP contribution in [0, 0.1) is 0 Å². The van der Waals surface area contributed by atoms with E-state index in [9.17, 15) is 13.5 Å². The third-order valence-corrected chi connectivity index (χ3v) is 7.30. The molecule has 0 amide bonds. The van der Waals surface area contributed by atoms with Crippen molar-refractivity contribution in [2.24, 2.45) is 4.99 Å². The molecule has 1 saturated heterocycles. The van der Waals surface area contributed by atoms with Crippen LogP contribution in [0.1, 0.15) is 0 Å². The van der Waals surface area contributed by atoms with Crippen LogP contribution in [0.5, 0.6) is 0 Å². The lowest BCUT2D eigenvalue weighted by molar-refractivity contribution is 0.132. The van der Waals surface area contributed by atoms with Gasteiger partial charge in [0.05, 0.1) is 34.9 Å². The fourth-order valence-corrected chi connectivity index (χ4v) is 5.36. The highest BCUT2D eigenvalue weighted by molar-refractivity contribution is 7.93. The number of aliphatic hydroxyl groups is 1. The van der Waals surface area contributed by atoms with Gasteiger partial charge < -0.3 is 14.7 Å². The molecule has 0 bridgehead atoms. The van der Waals surface area contributed by atoms with Crippen LogP contribution in [0.4, 0.5) is 17.2 Å². The molecule has 4 aromatic rings. The molecular weight excluding hydrogens is 466 g/mol. The lowest BCUT2D eigenvalue weighted by Gasteiger charge is -2.24. The van der Waals surface area contributed by atoms with Gasteiger partial charge in [-0.15, -0.1) is 0 Å². The minimum atomic E-state index is -4.01. The van der Waals surface area contributed by atoms with Crippen molar-refractivity contribution in [1.29, 1.82) is 0 Å². The zero-order valence-corrected chi connectivity index (χ0v) is 19.7. The van der Waals surface area contributed by atoms with Crippen LogP contribution in [0.25, 0.3) is 10.9 Å². The van der Waals surface area contributed by atoms with Gasteiger partial charge in [-0.05, 0) is 42.5 Å². The van der Waals surface area contributed by atoms with E-state index in [1.165, 1.54) is 10.6 Å². The molecule has 3 aromatic carbocycles. The van der Waals surface area contributed by atoms with Crippen molar-refractivity contribution in [2.45, 2.75) is 11.0 Å². The maximum absolute atomic E-state index is 13.8. The first-order valence-corrected chi connectivity index (χ1v) is 12.4. The summed E-state index contributed by atoms with van der Waals surface area (Å²) in [4.78, 5) is 15.2. The van der Waals surface area contributed by atoms with Crippen molar-refractivity contribution in [3.63, 3.8) is 0 Å². The molecule has 5 rings (SSSR count). The van der Waals surface area contributed by atoms with Crippen LogP contribution in [0.2, 0.25) is 0 Å². The van der Waals surface area contributed by atoms with E-state index in [-0.39, 0.29) is 23.4 Å². The Morgan fingerprint density at radius 1 is 1.06 bits per heavy atom. The van der Waals surface area contributed by atoms with Crippen LogP contribution >= 0.6 is 0 Å². The lowest BCUT2D eigenvalue weighted by Crippen LogP contribution is -2.27. The normalized spacial score (nSPS) is 17.0. The first kappa shape index (κ1) is 22.8. The number of fused-ring (bicyclic) bond motifs is 1. The number of benzene rings is 3. The van der Waals surface area contributed by atoms with Crippen molar-refractivity contribution in [2.75, 3.05) is 24.5 Å². The largest absolute Gasteiger partial charge is 0.457 e. The molecule has 0 radical (unpaired) electrons. The van der Waals surface area contributed by atoms with Gasteiger partial charge in [0.25, 0.3) is 16.0 Å². The Morgan fingerprint density at radius 3 is 2.46 bits per heavy atom. The molecule has 0 saturated carbocycles. The molecule has 9 nitrogen and oxygen atoms in total. The summed E-state index contributed by atoms with van der Waals surface area (Å²) < 4.78 is 34.6. The van der Waals surface area contributed by atoms with Gasteiger partial charge in [0.1, 0.15) is 12.4 Å². The van der Waals surface area contributed by atoms with E-state index >= 15 is 0 Å². The van der Waals surface area contributed by atoms with Gasteiger partial charge >= 0.3 is 0 Å². The molecule has 10 heteroatoms. The minimum absolute atomic E-state index is 0.109. The molecule has 1 aromatic heterocycles. The van der Waals surface area contributed by atoms with Crippen molar-refractivity contribution < 1.29 is 18.3 Å². The smallest absolute Gasteiger partial charge is 0.292 e. The highest BCUT2D eigenvalue weighted by Crippen LogP contribution is 2.36. The fraction of sp³-hybridized carbons (Fsp3) is 0.160. The number of ether oxygens (including phenoxy) is 1. The summed E-state index contributed by atoms with van der Waals surface area (Å²) in [6.07, 6.45) is 1.00. The first-order chi connectivity index (χ1) is 17.0. The first-order valence-electron chi connectivity index (χ1n) is 10.9. The summed E-state index contributed by atoms with van der Waals surface area (Å²) in [6.45, 7) is 0.414. The lowest BCUT2D eigenvalue weighted by atomic mass is 10.2. The monoisotopic (exact) mass is 489 g/mol. The van der Waals surface area contributed by atoms with E-state index in [0.717, 1.165) is 0 Å². The Hall–Kier alpha value is -4.02. The summed E-state index contributed by atoms with van der Waals surface area (Å²) in [5, 5.41) is 9.91. The number of anilines is 2. The molecule has 2 heterocycles. The summed E-state index contributed by atoms with van der Waals surface area (Å²) in [5.41, 5.74) is 1.55. The molecule has 1 aliphatic heterocycles. The minimum Gasteiger partial charge on any atom is -0.457 e. The Kier molecular flexibility index (Phi) is 6.06. The average Bonchev–Trinajstić information content (AvgIpc) is 3.24. The number of likely N-dealkylation sites (N-methyl/N-ethyl adjacent to an activating group) is 1. The number of nitrogens with zero attached hydrogens (tertiary/aromatic N) is 5. The number of aromatic nitrogens is 2. The predicted molar refractivity (Wildman–Crippen MR) is 133 cm³/mol. The van der Waals surface area contributed by atoms with E-state index in [4.69, 9.17) is 4.74 Å². The van der Waals surface area contributed by atoms with Gasteiger partial charge in [-0.25, -0.2) is 22.7 Å². The quantitative estimate of drug-likeness (QED) is 0.442. The summed E-state index contributed by atoms with van der Waals surface area (Å²) >= 11 is 0. The van der Waals surface area contributed by atoms with E-state index < -0.39 is 10.0 Å². The van der Waals surface area contributed by atoms with Crippen molar-refractivity contribution >= 4 is 44.1 Å². The maximum atomic E-state index is 13.8. The summed E-state index contributed by atoms with van der Waals surface area (Å²) in [5.74, 6) is 0.209. The third-order valence-electron chi connectivity index (χ3n) is 5.57. The van der Waals surface area contributed by atoms with Crippen molar-refractivity contribution in [1.82, 2.24) is 14.9 Å². The van der Waals surface area contributed by atoms with E-state index in [1.807, 2.05) is 18.0 Å². The Morgan fingerprint density at radius 2 is 1.77 bits per heavy atom. The highest BCUT2D eigenvalue weighted by atomic mass is 32.2. The van der Waals surface area contributed by atoms with Gasteiger partial charge in [0.2, 0.25) is 0 Å². The van der Waals surface area contributed by atoms with Gasteiger partial charge in [-0.2, -0.15) is 4.99 Å². The van der Waals surface area contributed by atoms with Crippen LogP contribution in [0.3, 0.4) is 0 Å². The topological polar surface area (TPSA) is 108 Å². The van der Waals surface area contributed by atoms with Gasteiger partial charge in [0, 0.05) is 12.4 Å². The van der Waals surface area contributed by atoms with Crippen LogP contribution in [0.15, 0.2) is 95.1 Å². The fourth-order valence-electron chi connectivity index (χ4n) is 3.88. The number of amidine groups is 1. The molecule has 0 aliphatic carbocycles. The number of sulfonamides is 1. The van der Waals surface area contributed by atoms with Gasteiger partial charge in [-0.3, -0.25) is 0 Å². The van der Waals surface area contributed by atoms with E-state index in [1.54, 1.807) is 72.8 Å². The third kappa shape index (κ3) is 4.41. The standard InChI is InChI=1S/C25H23N5O4S/c1-29-15-20(16-31)34-25(29)28-18-12-13-23-22(14-18)24(27-17-26-23)30(19-8-4-2-5-9-19)35(32,33)21-10-6-3-7-11-21/h2-14,17,20,31H,15-16H2,1H3. The molecule has 178 valence electrons. The number of hydrogen-bond donors (Lipinski definition) is 1. The average molecular weight is 490 g/mol.